The zero-order valence-electron chi connectivity index (χ0n) is 11.3. The number of amides is 1. The largest absolute Gasteiger partial charge is 0.480 e. The third kappa shape index (κ3) is 4.21. The third-order valence-corrected chi connectivity index (χ3v) is 3.28. The van der Waals surface area contributed by atoms with Crippen molar-refractivity contribution in [2.45, 2.75) is 32.4 Å². The van der Waals surface area contributed by atoms with E-state index in [4.69, 9.17) is 5.11 Å². The van der Waals surface area contributed by atoms with Crippen LogP contribution in [-0.2, 0) is 16.1 Å². The van der Waals surface area contributed by atoms with Crippen LogP contribution in [0.25, 0.3) is 0 Å². The number of hydrogen-bond donors (Lipinski definition) is 2. The minimum atomic E-state index is -0.754. The monoisotopic (exact) mass is 298 g/mol. The molecule has 1 fully saturated rings. The summed E-state index contributed by atoms with van der Waals surface area (Å²) in [5.74, 6) is -0.864. The first kappa shape index (κ1) is 16.5. The summed E-state index contributed by atoms with van der Waals surface area (Å²) in [5, 5.41) is 11.9. The average molecular weight is 299 g/mol. The van der Waals surface area contributed by atoms with Gasteiger partial charge in [-0.15, -0.1) is 12.4 Å². The number of nitrogens with zero attached hydrogens (tertiary/aromatic N) is 1. The van der Waals surface area contributed by atoms with E-state index in [1.165, 1.54) is 6.92 Å². The van der Waals surface area contributed by atoms with Gasteiger partial charge in [-0.1, -0.05) is 12.1 Å². The van der Waals surface area contributed by atoms with Gasteiger partial charge in [-0.05, 0) is 37.1 Å². The second-order valence-electron chi connectivity index (χ2n) is 4.85. The molecule has 20 heavy (non-hydrogen) atoms. The molecule has 1 aromatic rings. The zero-order valence-corrected chi connectivity index (χ0v) is 12.2. The molecule has 110 valence electrons. The molecule has 0 aromatic heterocycles. The molecule has 2 rings (SSSR count). The summed E-state index contributed by atoms with van der Waals surface area (Å²) in [7, 11) is 0. The molecule has 0 saturated carbocycles. The lowest BCUT2D eigenvalue weighted by molar-refractivity contribution is -0.142. The highest BCUT2D eigenvalue weighted by atomic mass is 35.5. The van der Waals surface area contributed by atoms with Gasteiger partial charge in [0.25, 0.3) is 0 Å². The normalized spacial score (nSPS) is 18.4. The fourth-order valence-corrected chi connectivity index (χ4v) is 2.48. The van der Waals surface area contributed by atoms with Crippen LogP contribution in [-0.4, -0.2) is 34.5 Å². The Morgan fingerprint density at radius 1 is 1.45 bits per heavy atom. The minimum absolute atomic E-state index is 0. The second-order valence-corrected chi connectivity index (χ2v) is 4.85. The van der Waals surface area contributed by atoms with E-state index in [0.717, 1.165) is 24.2 Å². The number of carboxylic acid groups (broad SMARTS) is 1. The van der Waals surface area contributed by atoms with Gasteiger partial charge in [0.2, 0.25) is 5.91 Å². The molecule has 1 aliphatic rings. The van der Waals surface area contributed by atoms with E-state index in [0.29, 0.717) is 13.0 Å². The highest BCUT2D eigenvalue weighted by Crippen LogP contribution is 2.21. The maximum absolute atomic E-state index is 11.1. The van der Waals surface area contributed by atoms with Crippen LogP contribution in [0.1, 0.15) is 25.3 Å². The number of aliphatic carboxylic acids is 1. The number of hydrogen-bond acceptors (Lipinski definition) is 3. The van der Waals surface area contributed by atoms with Crippen molar-refractivity contribution in [3.8, 4) is 0 Å². The summed E-state index contributed by atoms with van der Waals surface area (Å²) in [6.07, 6.45) is 1.63. The molecule has 1 heterocycles. The van der Waals surface area contributed by atoms with Crippen LogP contribution >= 0.6 is 12.4 Å². The van der Waals surface area contributed by atoms with E-state index in [-0.39, 0.29) is 24.4 Å². The molecule has 0 radical (unpaired) electrons. The summed E-state index contributed by atoms with van der Waals surface area (Å²) in [4.78, 5) is 24.1. The van der Waals surface area contributed by atoms with E-state index < -0.39 is 5.97 Å². The van der Waals surface area contributed by atoms with Crippen LogP contribution < -0.4 is 5.32 Å². The van der Waals surface area contributed by atoms with E-state index in [1.54, 1.807) is 0 Å². The molecular formula is C14H19ClN2O3. The van der Waals surface area contributed by atoms with Crippen molar-refractivity contribution in [3.63, 3.8) is 0 Å². The van der Waals surface area contributed by atoms with Crippen LogP contribution in [0.15, 0.2) is 24.3 Å². The Bertz CT molecular complexity index is 493. The van der Waals surface area contributed by atoms with Gasteiger partial charge in [-0.3, -0.25) is 14.5 Å². The van der Waals surface area contributed by atoms with Crippen LogP contribution in [0.2, 0.25) is 0 Å². The third-order valence-electron chi connectivity index (χ3n) is 3.28. The van der Waals surface area contributed by atoms with Gasteiger partial charge in [-0.2, -0.15) is 0 Å². The van der Waals surface area contributed by atoms with E-state index in [1.807, 2.05) is 29.2 Å². The number of anilines is 1. The smallest absolute Gasteiger partial charge is 0.320 e. The Morgan fingerprint density at radius 3 is 2.85 bits per heavy atom. The molecule has 0 aliphatic carbocycles. The Hall–Kier alpha value is -1.59. The molecule has 1 aliphatic heterocycles. The average Bonchev–Trinajstić information content (AvgIpc) is 2.76. The van der Waals surface area contributed by atoms with Gasteiger partial charge in [0.05, 0.1) is 0 Å². The molecule has 1 aromatic carbocycles. The molecule has 1 amide bonds. The predicted molar refractivity (Wildman–Crippen MR) is 79.1 cm³/mol. The van der Waals surface area contributed by atoms with Gasteiger partial charge in [0.15, 0.2) is 0 Å². The number of rotatable bonds is 4. The maximum atomic E-state index is 11.1. The number of carbonyl (C=O) groups excluding carboxylic acids is 1. The van der Waals surface area contributed by atoms with Crippen molar-refractivity contribution in [1.29, 1.82) is 0 Å². The van der Waals surface area contributed by atoms with Crippen molar-refractivity contribution in [2.24, 2.45) is 0 Å². The van der Waals surface area contributed by atoms with Gasteiger partial charge in [-0.25, -0.2) is 0 Å². The number of halogens is 1. The second kappa shape index (κ2) is 7.26. The fraction of sp³-hybridized carbons (Fsp3) is 0.429. The number of benzene rings is 1. The molecule has 0 spiro atoms. The Balaban J connectivity index is 0.00000200. The molecule has 5 nitrogen and oxygen atoms in total. The first-order chi connectivity index (χ1) is 9.06. The van der Waals surface area contributed by atoms with Gasteiger partial charge in [0, 0.05) is 19.2 Å². The quantitative estimate of drug-likeness (QED) is 0.893. The number of nitrogens with one attached hydrogen (secondary N) is 1. The summed E-state index contributed by atoms with van der Waals surface area (Å²) in [6, 6.07) is 7.14. The lowest BCUT2D eigenvalue weighted by Gasteiger charge is -2.21. The number of likely N-dealkylation sites (tertiary alicyclic amines) is 1. The summed E-state index contributed by atoms with van der Waals surface area (Å²) < 4.78 is 0. The highest BCUT2D eigenvalue weighted by Gasteiger charge is 2.30. The van der Waals surface area contributed by atoms with Crippen molar-refractivity contribution in [3.05, 3.63) is 29.8 Å². The van der Waals surface area contributed by atoms with Crippen LogP contribution in [0, 0.1) is 0 Å². The maximum Gasteiger partial charge on any atom is 0.320 e. The van der Waals surface area contributed by atoms with Crippen LogP contribution in [0.4, 0.5) is 5.69 Å². The SMILES string of the molecule is CC(=O)Nc1cccc(CN2CCCC2C(=O)O)c1.Cl. The zero-order chi connectivity index (χ0) is 13.8. The van der Waals surface area contributed by atoms with Crippen molar-refractivity contribution >= 4 is 30.0 Å². The van der Waals surface area contributed by atoms with E-state index in [9.17, 15) is 9.59 Å². The first-order valence-corrected chi connectivity index (χ1v) is 6.39. The summed E-state index contributed by atoms with van der Waals surface area (Å²) >= 11 is 0. The first-order valence-electron chi connectivity index (χ1n) is 6.39. The molecule has 1 saturated heterocycles. The molecule has 1 unspecified atom stereocenters. The topological polar surface area (TPSA) is 69.6 Å². The lowest BCUT2D eigenvalue weighted by Crippen LogP contribution is -2.35. The standard InChI is InChI=1S/C14H18N2O3.ClH/c1-10(17)15-12-5-2-4-11(8-12)9-16-7-3-6-13(16)14(18)19;/h2,4-5,8,13H,3,6-7,9H2,1H3,(H,15,17)(H,18,19);1H. The minimum Gasteiger partial charge on any atom is -0.480 e. The Morgan fingerprint density at radius 2 is 2.20 bits per heavy atom. The Labute approximate surface area is 124 Å². The van der Waals surface area contributed by atoms with E-state index in [2.05, 4.69) is 5.32 Å². The van der Waals surface area contributed by atoms with Crippen LogP contribution in [0.3, 0.4) is 0 Å². The lowest BCUT2D eigenvalue weighted by atomic mass is 10.1. The fourth-order valence-electron chi connectivity index (χ4n) is 2.48. The van der Waals surface area contributed by atoms with E-state index >= 15 is 0 Å². The molecule has 6 heteroatoms. The summed E-state index contributed by atoms with van der Waals surface area (Å²) in [5.41, 5.74) is 1.76. The molecular weight excluding hydrogens is 280 g/mol. The molecule has 1 atom stereocenters. The number of carboxylic acids is 1. The highest BCUT2D eigenvalue weighted by molar-refractivity contribution is 5.88. The van der Waals surface area contributed by atoms with Gasteiger partial charge in [0.1, 0.15) is 6.04 Å². The van der Waals surface area contributed by atoms with Crippen molar-refractivity contribution < 1.29 is 14.7 Å². The predicted octanol–water partition coefficient (Wildman–Crippen LogP) is 2.12. The van der Waals surface area contributed by atoms with Crippen LogP contribution in [0.5, 0.6) is 0 Å². The Kier molecular flexibility index (Phi) is 5.98. The van der Waals surface area contributed by atoms with Crippen molar-refractivity contribution in [2.75, 3.05) is 11.9 Å². The van der Waals surface area contributed by atoms with Crippen molar-refractivity contribution in [1.82, 2.24) is 4.90 Å². The molecule has 2 N–H and O–H groups in total. The molecule has 0 bridgehead atoms. The van der Waals surface area contributed by atoms with Gasteiger partial charge < -0.3 is 10.4 Å². The summed E-state index contributed by atoms with van der Waals surface area (Å²) in [6.45, 7) is 2.87. The number of carbonyl (C=O) groups is 2. The van der Waals surface area contributed by atoms with Gasteiger partial charge >= 0.3 is 5.97 Å².